The first-order chi connectivity index (χ1) is 13.1. The monoisotopic (exact) mass is 360 g/mol. The number of hydrogen-bond donors (Lipinski definition) is 1. The van der Waals surface area contributed by atoms with Gasteiger partial charge >= 0.3 is 0 Å². The second kappa shape index (κ2) is 7.55. The van der Waals surface area contributed by atoms with E-state index in [1.807, 2.05) is 30.3 Å². The van der Waals surface area contributed by atoms with Gasteiger partial charge in [0.1, 0.15) is 5.82 Å². The van der Waals surface area contributed by atoms with Crippen LogP contribution in [0.5, 0.6) is 0 Å². The lowest BCUT2D eigenvalue weighted by Gasteiger charge is -2.29. The zero-order chi connectivity index (χ0) is 18.8. The van der Waals surface area contributed by atoms with Gasteiger partial charge < -0.3 is 5.32 Å². The van der Waals surface area contributed by atoms with Crippen molar-refractivity contribution in [2.75, 3.05) is 5.32 Å². The van der Waals surface area contributed by atoms with Gasteiger partial charge in [0.25, 0.3) is 0 Å². The molecule has 0 atom stereocenters. The third-order valence-electron chi connectivity index (χ3n) is 5.97. The minimum absolute atomic E-state index is 0.562. The van der Waals surface area contributed by atoms with Crippen LogP contribution in [-0.4, -0.2) is 14.8 Å². The van der Waals surface area contributed by atoms with E-state index in [4.69, 9.17) is 0 Å². The Balaban J connectivity index is 1.51. The molecule has 0 bridgehead atoms. The summed E-state index contributed by atoms with van der Waals surface area (Å²) >= 11 is 0. The summed E-state index contributed by atoms with van der Waals surface area (Å²) in [5, 5.41) is 10.1. The van der Waals surface area contributed by atoms with Gasteiger partial charge in [-0.15, -0.1) is 0 Å². The Labute approximate surface area is 161 Å². The molecule has 1 aliphatic carbocycles. The molecule has 2 heterocycles. The van der Waals surface area contributed by atoms with Gasteiger partial charge in [-0.1, -0.05) is 32.1 Å². The summed E-state index contributed by atoms with van der Waals surface area (Å²) in [4.78, 5) is 4.59. The highest BCUT2D eigenvalue weighted by Crippen LogP contribution is 2.34. The Morgan fingerprint density at radius 3 is 2.63 bits per heavy atom. The van der Waals surface area contributed by atoms with Crippen LogP contribution in [0.4, 0.5) is 5.82 Å². The number of aromatic nitrogens is 3. The minimum Gasteiger partial charge on any atom is -0.344 e. The molecule has 0 radical (unpaired) electrons. The number of nitrogens with zero attached hydrogens (tertiary/aromatic N) is 3. The summed E-state index contributed by atoms with van der Waals surface area (Å²) in [6, 6.07) is 8.57. The maximum atomic E-state index is 4.59. The molecule has 1 saturated carbocycles. The molecule has 1 fully saturated rings. The quantitative estimate of drug-likeness (QED) is 0.627. The lowest BCUT2D eigenvalue weighted by molar-refractivity contribution is 0.296. The molecule has 27 heavy (non-hydrogen) atoms. The summed E-state index contributed by atoms with van der Waals surface area (Å²) in [5.74, 6) is 2.35. The van der Waals surface area contributed by atoms with Crippen LogP contribution in [0.15, 0.2) is 55.1 Å². The molecule has 2 aromatic heterocycles. The van der Waals surface area contributed by atoms with Gasteiger partial charge in [-0.25, -0.2) is 4.98 Å². The van der Waals surface area contributed by atoms with Crippen LogP contribution in [0, 0.1) is 11.8 Å². The van der Waals surface area contributed by atoms with E-state index in [2.05, 4.69) is 53.2 Å². The van der Waals surface area contributed by atoms with Crippen LogP contribution in [-0.2, 0) is 7.05 Å². The highest BCUT2D eigenvalue weighted by Gasteiger charge is 2.22. The minimum atomic E-state index is 0.562. The molecule has 3 aromatic rings. The molecule has 1 aromatic carbocycles. The number of aryl methyl sites for hydroxylation is 1. The van der Waals surface area contributed by atoms with Crippen LogP contribution in [0.25, 0.3) is 21.9 Å². The molecule has 4 heteroatoms. The van der Waals surface area contributed by atoms with Crippen molar-refractivity contribution < 1.29 is 0 Å². The van der Waals surface area contributed by atoms with Crippen LogP contribution < -0.4 is 5.32 Å². The SMILES string of the molecule is C=C(Nc1cc2cc(-c3cnn(C)c3)ccc2cn1)C1CCC(CC)CC1. The second-order valence-electron chi connectivity index (χ2n) is 7.81. The lowest BCUT2D eigenvalue weighted by Crippen LogP contribution is -2.19. The first kappa shape index (κ1) is 17.8. The zero-order valence-corrected chi connectivity index (χ0v) is 16.3. The zero-order valence-electron chi connectivity index (χ0n) is 16.3. The van der Waals surface area contributed by atoms with Gasteiger partial charge in [0, 0.05) is 36.1 Å². The summed E-state index contributed by atoms with van der Waals surface area (Å²) in [6.45, 7) is 6.61. The Kier molecular flexibility index (Phi) is 4.97. The maximum Gasteiger partial charge on any atom is 0.130 e. The largest absolute Gasteiger partial charge is 0.344 e. The normalized spacial score (nSPS) is 19.9. The summed E-state index contributed by atoms with van der Waals surface area (Å²) in [7, 11) is 1.94. The number of rotatable bonds is 5. The Bertz CT molecular complexity index is 948. The first-order valence-electron chi connectivity index (χ1n) is 9.97. The van der Waals surface area contributed by atoms with Gasteiger partial charge in [-0.2, -0.15) is 5.10 Å². The van der Waals surface area contributed by atoms with Gasteiger partial charge in [0.15, 0.2) is 0 Å². The van der Waals surface area contributed by atoms with Crippen molar-refractivity contribution in [3.05, 3.63) is 55.1 Å². The van der Waals surface area contributed by atoms with E-state index in [0.29, 0.717) is 5.92 Å². The highest BCUT2D eigenvalue weighted by atomic mass is 15.2. The molecular formula is C23H28N4. The van der Waals surface area contributed by atoms with E-state index in [-0.39, 0.29) is 0 Å². The summed E-state index contributed by atoms with van der Waals surface area (Å²) in [5.41, 5.74) is 3.41. The topological polar surface area (TPSA) is 42.7 Å². The van der Waals surface area contributed by atoms with Crippen molar-refractivity contribution in [1.82, 2.24) is 14.8 Å². The Hall–Kier alpha value is -2.62. The van der Waals surface area contributed by atoms with Crippen molar-refractivity contribution in [1.29, 1.82) is 0 Å². The van der Waals surface area contributed by atoms with E-state index in [0.717, 1.165) is 28.4 Å². The predicted octanol–water partition coefficient (Wildman–Crippen LogP) is 5.78. The molecular weight excluding hydrogens is 332 g/mol. The molecule has 0 spiro atoms. The van der Waals surface area contributed by atoms with Gasteiger partial charge in [-0.3, -0.25) is 4.68 Å². The van der Waals surface area contributed by atoms with E-state index in [1.54, 1.807) is 0 Å². The number of nitrogens with one attached hydrogen (secondary N) is 1. The van der Waals surface area contributed by atoms with Gasteiger partial charge in [-0.05, 0) is 60.6 Å². The third-order valence-corrected chi connectivity index (χ3v) is 5.97. The van der Waals surface area contributed by atoms with Gasteiger partial charge in [0.2, 0.25) is 0 Å². The van der Waals surface area contributed by atoms with Crippen molar-refractivity contribution in [2.24, 2.45) is 18.9 Å². The summed E-state index contributed by atoms with van der Waals surface area (Å²) in [6.07, 6.45) is 12.3. The number of allylic oxidation sites excluding steroid dienone is 1. The molecule has 4 nitrogen and oxygen atoms in total. The van der Waals surface area contributed by atoms with Crippen LogP contribution in [0.1, 0.15) is 39.0 Å². The first-order valence-corrected chi connectivity index (χ1v) is 9.97. The standard InChI is InChI=1S/C23H28N4/c1-4-17-5-7-18(8-6-17)16(2)26-23-12-21-11-19(9-10-20(21)13-24-23)22-14-25-27(3)15-22/h9-15,17-18H,2,4-8H2,1,3H3,(H,24,26). The average molecular weight is 361 g/mol. The third kappa shape index (κ3) is 3.90. The van der Waals surface area contributed by atoms with E-state index >= 15 is 0 Å². The van der Waals surface area contributed by atoms with Crippen molar-refractivity contribution >= 4 is 16.6 Å². The molecule has 4 rings (SSSR count). The molecule has 1 N–H and O–H groups in total. The molecule has 0 unspecified atom stereocenters. The maximum absolute atomic E-state index is 4.59. The van der Waals surface area contributed by atoms with E-state index < -0.39 is 0 Å². The van der Waals surface area contributed by atoms with Crippen LogP contribution in [0.2, 0.25) is 0 Å². The number of hydrogen-bond acceptors (Lipinski definition) is 3. The summed E-state index contributed by atoms with van der Waals surface area (Å²) < 4.78 is 1.83. The smallest absolute Gasteiger partial charge is 0.130 e. The second-order valence-corrected chi connectivity index (χ2v) is 7.81. The number of pyridine rings is 1. The van der Waals surface area contributed by atoms with Crippen molar-refractivity contribution in [3.63, 3.8) is 0 Å². The Morgan fingerprint density at radius 1 is 1.11 bits per heavy atom. The van der Waals surface area contributed by atoms with Crippen LogP contribution >= 0.6 is 0 Å². The van der Waals surface area contributed by atoms with Crippen LogP contribution in [0.3, 0.4) is 0 Å². The average Bonchev–Trinajstić information content (AvgIpc) is 3.14. The lowest BCUT2D eigenvalue weighted by atomic mass is 9.79. The number of fused-ring (bicyclic) bond motifs is 1. The molecule has 1 aliphatic rings. The molecule has 140 valence electrons. The fourth-order valence-corrected chi connectivity index (χ4v) is 4.14. The fraction of sp³-hybridized carbons (Fsp3) is 0.391. The van der Waals surface area contributed by atoms with Crippen molar-refractivity contribution in [3.8, 4) is 11.1 Å². The van der Waals surface area contributed by atoms with E-state index in [9.17, 15) is 0 Å². The van der Waals surface area contributed by atoms with Gasteiger partial charge in [0.05, 0.1) is 6.20 Å². The number of benzene rings is 1. The fourth-order valence-electron chi connectivity index (χ4n) is 4.14. The van der Waals surface area contributed by atoms with E-state index in [1.165, 1.54) is 43.1 Å². The van der Waals surface area contributed by atoms with Crippen molar-refractivity contribution in [2.45, 2.75) is 39.0 Å². The highest BCUT2D eigenvalue weighted by molar-refractivity contribution is 5.88. The number of anilines is 1. The molecule has 0 aliphatic heterocycles. The Morgan fingerprint density at radius 2 is 1.93 bits per heavy atom. The molecule has 0 amide bonds. The molecule has 0 saturated heterocycles. The predicted molar refractivity (Wildman–Crippen MR) is 112 cm³/mol.